The van der Waals surface area contributed by atoms with Gasteiger partial charge >= 0.3 is 0 Å². The highest BCUT2D eigenvalue weighted by molar-refractivity contribution is 6.30. The predicted molar refractivity (Wildman–Crippen MR) is 127 cm³/mol. The Labute approximate surface area is 202 Å². The first kappa shape index (κ1) is 24.1. The Hall–Kier alpha value is -3.03. The lowest BCUT2D eigenvalue weighted by Gasteiger charge is -2.32. The Morgan fingerprint density at radius 2 is 1.88 bits per heavy atom. The van der Waals surface area contributed by atoms with E-state index < -0.39 is 11.6 Å². The van der Waals surface area contributed by atoms with Gasteiger partial charge in [-0.15, -0.1) is 0 Å². The van der Waals surface area contributed by atoms with Crippen molar-refractivity contribution >= 4 is 17.5 Å². The third-order valence-corrected chi connectivity index (χ3v) is 6.24. The van der Waals surface area contributed by atoms with Crippen molar-refractivity contribution in [2.45, 2.75) is 18.9 Å². The summed E-state index contributed by atoms with van der Waals surface area (Å²) in [5.74, 6) is -1.33. The van der Waals surface area contributed by atoms with E-state index in [0.29, 0.717) is 24.4 Å². The lowest BCUT2D eigenvalue weighted by Crippen LogP contribution is -2.43. The average Bonchev–Trinajstić information content (AvgIpc) is 2.86. The molecule has 1 amide bonds. The number of amides is 1. The number of nitrogens with zero attached hydrogens (tertiary/aromatic N) is 2. The molecule has 0 radical (unpaired) electrons. The van der Waals surface area contributed by atoms with Gasteiger partial charge in [0, 0.05) is 29.7 Å². The summed E-state index contributed by atoms with van der Waals surface area (Å²) in [6.45, 7) is 2.27. The van der Waals surface area contributed by atoms with Crippen LogP contribution in [0.5, 0.6) is 5.75 Å². The van der Waals surface area contributed by atoms with Gasteiger partial charge in [-0.25, -0.2) is 8.78 Å². The van der Waals surface area contributed by atoms with E-state index in [2.05, 4.69) is 15.2 Å². The van der Waals surface area contributed by atoms with Crippen LogP contribution in [0.25, 0.3) is 0 Å². The highest BCUT2D eigenvalue weighted by atomic mass is 35.5. The van der Waals surface area contributed by atoms with Gasteiger partial charge in [-0.05, 0) is 67.9 Å². The van der Waals surface area contributed by atoms with Gasteiger partial charge in [0.25, 0.3) is 0 Å². The van der Waals surface area contributed by atoms with Crippen LogP contribution in [-0.4, -0.2) is 42.0 Å². The van der Waals surface area contributed by atoms with Crippen LogP contribution in [0.4, 0.5) is 8.78 Å². The van der Waals surface area contributed by atoms with Crippen molar-refractivity contribution in [3.05, 3.63) is 94.8 Å². The van der Waals surface area contributed by atoms with Crippen molar-refractivity contribution in [2.24, 2.45) is 5.92 Å². The number of piperidine rings is 1. The molecule has 5 nitrogen and oxygen atoms in total. The fraction of sp³-hybridized carbons (Fsp3) is 0.308. The summed E-state index contributed by atoms with van der Waals surface area (Å²) < 4.78 is 32.4. The number of hydrogen-bond acceptors (Lipinski definition) is 4. The lowest BCUT2D eigenvalue weighted by molar-refractivity contribution is -0.127. The molecule has 2 aromatic carbocycles. The molecule has 0 aliphatic carbocycles. The molecular weight excluding hydrogens is 460 g/mol. The molecule has 1 aromatic heterocycles. The van der Waals surface area contributed by atoms with Gasteiger partial charge in [0.15, 0.2) is 11.6 Å². The molecule has 3 aromatic rings. The van der Waals surface area contributed by atoms with Crippen LogP contribution in [0.1, 0.15) is 30.1 Å². The van der Waals surface area contributed by atoms with E-state index >= 15 is 0 Å². The maximum atomic E-state index is 13.7. The smallest absolute Gasteiger partial charge is 0.224 e. The minimum atomic E-state index is -0.583. The maximum absolute atomic E-state index is 13.7. The highest BCUT2D eigenvalue weighted by Crippen LogP contribution is 2.25. The van der Waals surface area contributed by atoms with Crippen molar-refractivity contribution in [3.8, 4) is 5.75 Å². The molecule has 178 valence electrons. The van der Waals surface area contributed by atoms with E-state index in [0.717, 1.165) is 42.5 Å². The van der Waals surface area contributed by atoms with Gasteiger partial charge in [0.2, 0.25) is 5.91 Å². The zero-order valence-electron chi connectivity index (χ0n) is 18.6. The number of halogens is 3. The monoisotopic (exact) mass is 485 g/mol. The van der Waals surface area contributed by atoms with Crippen LogP contribution in [0.3, 0.4) is 0 Å². The third kappa shape index (κ3) is 6.30. The average molecular weight is 486 g/mol. The minimum absolute atomic E-state index is 0.0108. The summed E-state index contributed by atoms with van der Waals surface area (Å²) in [5, 5.41) is 3.80. The molecular formula is C26H26ClF2N3O2. The quantitative estimate of drug-likeness (QED) is 0.487. The van der Waals surface area contributed by atoms with Crippen molar-refractivity contribution in [1.29, 1.82) is 0 Å². The molecule has 1 saturated heterocycles. The van der Waals surface area contributed by atoms with E-state index in [1.54, 1.807) is 18.3 Å². The summed E-state index contributed by atoms with van der Waals surface area (Å²) >= 11 is 6.04. The first-order chi connectivity index (χ1) is 16.5. The van der Waals surface area contributed by atoms with E-state index in [9.17, 15) is 13.6 Å². The van der Waals surface area contributed by atoms with Crippen molar-refractivity contribution in [3.63, 3.8) is 0 Å². The SMILES string of the molecule is O=C(NC(c1ccc(Cl)cc1)c1ccccn1)C1CCN(CCOc2cc(F)ccc2F)CC1. The second-order valence-electron chi connectivity index (χ2n) is 8.29. The number of likely N-dealkylation sites (tertiary alicyclic amines) is 1. The van der Waals surface area contributed by atoms with Crippen molar-refractivity contribution < 1.29 is 18.3 Å². The van der Waals surface area contributed by atoms with Gasteiger partial charge in [-0.3, -0.25) is 14.7 Å². The second-order valence-corrected chi connectivity index (χ2v) is 8.72. The third-order valence-electron chi connectivity index (χ3n) is 5.99. The van der Waals surface area contributed by atoms with Crippen LogP contribution in [0, 0.1) is 17.6 Å². The number of rotatable bonds is 8. The minimum Gasteiger partial charge on any atom is -0.489 e. The Balaban J connectivity index is 1.30. The largest absolute Gasteiger partial charge is 0.489 e. The number of pyridine rings is 1. The number of hydrogen-bond donors (Lipinski definition) is 1. The van der Waals surface area contributed by atoms with E-state index in [4.69, 9.17) is 16.3 Å². The number of carbonyl (C=O) groups is 1. The molecule has 0 bridgehead atoms. The number of nitrogens with one attached hydrogen (secondary N) is 1. The zero-order valence-corrected chi connectivity index (χ0v) is 19.3. The van der Waals surface area contributed by atoms with Crippen LogP contribution >= 0.6 is 11.6 Å². The number of aromatic nitrogens is 1. The Kier molecular flexibility index (Phi) is 8.08. The molecule has 0 saturated carbocycles. The van der Waals surface area contributed by atoms with E-state index in [-0.39, 0.29) is 30.2 Å². The Bertz CT molecular complexity index is 1090. The zero-order chi connectivity index (χ0) is 23.9. The summed E-state index contributed by atoms with van der Waals surface area (Å²) in [6, 6.07) is 15.8. The molecule has 1 aliphatic heterocycles. The molecule has 1 aliphatic rings. The van der Waals surface area contributed by atoms with Crippen LogP contribution in [0.2, 0.25) is 5.02 Å². The second kappa shape index (κ2) is 11.4. The summed E-state index contributed by atoms with van der Waals surface area (Å²) in [5.41, 5.74) is 1.67. The van der Waals surface area contributed by atoms with Crippen LogP contribution in [-0.2, 0) is 4.79 Å². The lowest BCUT2D eigenvalue weighted by atomic mass is 9.94. The first-order valence-electron chi connectivity index (χ1n) is 11.3. The molecule has 8 heteroatoms. The standard InChI is InChI=1S/C26H26ClF2N3O2/c27-20-6-4-18(5-7-20)25(23-3-1-2-12-30-23)31-26(33)19-10-13-32(14-11-19)15-16-34-24-17-21(28)8-9-22(24)29/h1-9,12,17,19,25H,10-11,13-16H2,(H,31,33). The van der Waals surface area contributed by atoms with Crippen LogP contribution in [0.15, 0.2) is 66.9 Å². The highest BCUT2D eigenvalue weighted by Gasteiger charge is 2.28. The molecule has 2 heterocycles. The number of ether oxygens (including phenoxy) is 1. The van der Waals surface area contributed by atoms with Crippen LogP contribution < -0.4 is 10.1 Å². The molecule has 1 N–H and O–H groups in total. The van der Waals surface area contributed by atoms with Crippen molar-refractivity contribution in [1.82, 2.24) is 15.2 Å². The van der Waals surface area contributed by atoms with Gasteiger partial charge in [0.05, 0.1) is 11.7 Å². The number of benzene rings is 2. The van der Waals surface area contributed by atoms with Crippen molar-refractivity contribution in [2.75, 3.05) is 26.2 Å². The molecule has 4 rings (SSSR count). The van der Waals surface area contributed by atoms with Gasteiger partial charge in [0.1, 0.15) is 12.4 Å². The number of carbonyl (C=O) groups excluding carboxylic acids is 1. The van der Waals surface area contributed by atoms with Gasteiger partial charge < -0.3 is 10.1 Å². The maximum Gasteiger partial charge on any atom is 0.224 e. The molecule has 34 heavy (non-hydrogen) atoms. The van der Waals surface area contributed by atoms with Gasteiger partial charge in [-0.2, -0.15) is 0 Å². The summed E-state index contributed by atoms with van der Waals surface area (Å²) in [7, 11) is 0. The fourth-order valence-electron chi connectivity index (χ4n) is 4.08. The molecule has 1 fully saturated rings. The summed E-state index contributed by atoms with van der Waals surface area (Å²) in [4.78, 5) is 19.7. The Morgan fingerprint density at radius 3 is 2.59 bits per heavy atom. The summed E-state index contributed by atoms with van der Waals surface area (Å²) in [6.07, 6.45) is 3.12. The van der Waals surface area contributed by atoms with E-state index in [1.807, 2.05) is 30.3 Å². The molecule has 1 atom stereocenters. The van der Waals surface area contributed by atoms with Gasteiger partial charge in [-0.1, -0.05) is 29.8 Å². The molecule has 1 unspecified atom stereocenters. The first-order valence-corrected chi connectivity index (χ1v) is 11.6. The topological polar surface area (TPSA) is 54.5 Å². The molecule has 0 spiro atoms. The van der Waals surface area contributed by atoms with E-state index in [1.165, 1.54) is 0 Å². The fourth-order valence-corrected chi connectivity index (χ4v) is 4.21. The normalized spacial score (nSPS) is 15.6. The Morgan fingerprint density at radius 1 is 1.12 bits per heavy atom. The predicted octanol–water partition coefficient (Wildman–Crippen LogP) is 5.01.